The fourth-order valence-electron chi connectivity index (χ4n) is 1.45. The lowest BCUT2D eigenvalue weighted by atomic mass is 10.0. The van der Waals surface area contributed by atoms with E-state index in [0.29, 0.717) is 31.3 Å². The number of aliphatic hydroxyl groups excluding tert-OH is 2. The highest BCUT2D eigenvalue weighted by molar-refractivity contribution is 5.86. The summed E-state index contributed by atoms with van der Waals surface area (Å²) in [4.78, 5) is 11.1. The van der Waals surface area contributed by atoms with Crippen LogP contribution in [0.4, 0.5) is 0 Å². The van der Waals surface area contributed by atoms with E-state index in [-0.39, 0.29) is 19.2 Å². The summed E-state index contributed by atoms with van der Waals surface area (Å²) < 4.78 is 9.75. The van der Waals surface area contributed by atoms with E-state index in [1.54, 1.807) is 6.92 Å². The van der Waals surface area contributed by atoms with Gasteiger partial charge in [0, 0.05) is 5.57 Å². The normalized spacial score (nSPS) is 11.3. The lowest BCUT2D eigenvalue weighted by Crippen LogP contribution is -2.14. The lowest BCUT2D eigenvalue weighted by Gasteiger charge is -2.14. The number of hydrogen-bond donors (Lipinski definition) is 2. The fraction of sp³-hybridized carbons (Fsp3) is 0.812. The van der Waals surface area contributed by atoms with Crippen molar-refractivity contribution in [1.82, 2.24) is 0 Å². The van der Waals surface area contributed by atoms with Gasteiger partial charge in [0.2, 0.25) is 0 Å². The fourth-order valence-corrected chi connectivity index (χ4v) is 1.45. The Labute approximate surface area is 129 Å². The minimum absolute atomic E-state index is 0.0278. The van der Waals surface area contributed by atoms with E-state index >= 15 is 0 Å². The Kier molecular flexibility index (Phi) is 18.3. The van der Waals surface area contributed by atoms with Gasteiger partial charge in [0.25, 0.3) is 0 Å². The minimum Gasteiger partial charge on any atom is -0.462 e. The Hall–Kier alpha value is -0.910. The summed E-state index contributed by atoms with van der Waals surface area (Å²) in [5.41, 5.74) is 0.482. The average Bonchev–Trinajstić information content (AvgIpc) is 2.48. The van der Waals surface area contributed by atoms with Crippen LogP contribution in [0.5, 0.6) is 0 Å². The number of carbonyl (C=O) groups is 1. The molecule has 0 spiro atoms. The Balaban J connectivity index is 0. The first-order valence-electron chi connectivity index (χ1n) is 7.65. The van der Waals surface area contributed by atoms with Crippen molar-refractivity contribution in [3.63, 3.8) is 0 Å². The number of esters is 1. The molecule has 0 aliphatic heterocycles. The topological polar surface area (TPSA) is 76.0 Å². The van der Waals surface area contributed by atoms with E-state index < -0.39 is 0 Å². The van der Waals surface area contributed by atoms with Crippen LogP contribution in [0.15, 0.2) is 12.2 Å². The third-order valence-corrected chi connectivity index (χ3v) is 2.81. The van der Waals surface area contributed by atoms with Crippen molar-refractivity contribution in [2.24, 2.45) is 5.92 Å². The van der Waals surface area contributed by atoms with Gasteiger partial charge in [-0.05, 0) is 19.3 Å². The Bertz CT molecular complexity index is 249. The summed E-state index contributed by atoms with van der Waals surface area (Å²) in [7, 11) is 0. The third kappa shape index (κ3) is 17.0. The second-order valence-corrected chi connectivity index (χ2v) is 4.85. The van der Waals surface area contributed by atoms with E-state index in [2.05, 4.69) is 25.2 Å². The minimum atomic E-state index is -0.264. The highest BCUT2D eigenvalue weighted by atomic mass is 16.5. The summed E-state index contributed by atoms with van der Waals surface area (Å²) in [6, 6.07) is 0. The first-order chi connectivity index (χ1) is 10.0. The number of carbonyl (C=O) groups excluding carboxylic acids is 1. The van der Waals surface area contributed by atoms with E-state index in [9.17, 15) is 4.79 Å². The smallest absolute Gasteiger partial charge is 0.333 e. The van der Waals surface area contributed by atoms with Crippen molar-refractivity contribution < 1.29 is 24.5 Å². The van der Waals surface area contributed by atoms with Crippen LogP contribution in [0.1, 0.15) is 46.5 Å². The summed E-state index contributed by atoms with van der Waals surface area (Å²) in [5.74, 6) is 0.248. The predicted octanol–water partition coefficient (Wildman–Crippen LogP) is 2.31. The molecule has 1 atom stereocenters. The second kappa shape index (κ2) is 17.1. The highest BCUT2D eigenvalue weighted by Crippen LogP contribution is 2.13. The van der Waals surface area contributed by atoms with E-state index in [4.69, 9.17) is 14.9 Å². The van der Waals surface area contributed by atoms with Crippen molar-refractivity contribution in [3.8, 4) is 0 Å². The maximum atomic E-state index is 11.1. The Morgan fingerprint density at radius 3 is 2.14 bits per heavy atom. The largest absolute Gasteiger partial charge is 0.462 e. The molecule has 5 nitrogen and oxygen atoms in total. The molecule has 0 bridgehead atoms. The average molecular weight is 304 g/mol. The molecule has 126 valence electrons. The van der Waals surface area contributed by atoms with Crippen molar-refractivity contribution in [2.75, 3.05) is 33.0 Å². The highest BCUT2D eigenvalue weighted by Gasteiger charge is 2.09. The molecule has 0 rings (SSSR count). The molecular formula is C16H32O5. The van der Waals surface area contributed by atoms with Gasteiger partial charge in [0.15, 0.2) is 0 Å². The second-order valence-electron chi connectivity index (χ2n) is 4.85. The zero-order chi connectivity index (χ0) is 16.5. The summed E-state index contributed by atoms with van der Waals surface area (Å²) >= 11 is 0. The molecular weight excluding hydrogens is 272 g/mol. The number of unbranched alkanes of at least 4 members (excludes halogenated alkanes) is 1. The van der Waals surface area contributed by atoms with Gasteiger partial charge in [-0.3, -0.25) is 0 Å². The number of ether oxygens (including phenoxy) is 2. The SMILES string of the molecule is C=C(C)C(=O)OCC(CC)CCCC.OCCOCCO. The van der Waals surface area contributed by atoms with Crippen LogP contribution < -0.4 is 0 Å². The Morgan fingerprint density at radius 1 is 1.19 bits per heavy atom. The maximum absolute atomic E-state index is 11.1. The molecule has 1 unspecified atom stereocenters. The lowest BCUT2D eigenvalue weighted by molar-refractivity contribution is -0.140. The van der Waals surface area contributed by atoms with Gasteiger partial charge in [0.05, 0.1) is 33.0 Å². The molecule has 0 aliphatic rings. The van der Waals surface area contributed by atoms with Crippen LogP contribution in [-0.2, 0) is 14.3 Å². The quantitative estimate of drug-likeness (QED) is 0.348. The van der Waals surface area contributed by atoms with Crippen LogP contribution in [-0.4, -0.2) is 49.2 Å². The molecule has 5 heteroatoms. The number of hydrogen-bond acceptors (Lipinski definition) is 5. The molecule has 0 aromatic rings. The predicted molar refractivity (Wildman–Crippen MR) is 84.1 cm³/mol. The van der Waals surface area contributed by atoms with E-state index in [1.165, 1.54) is 12.8 Å². The molecule has 0 aromatic heterocycles. The van der Waals surface area contributed by atoms with Crippen LogP contribution in [0.3, 0.4) is 0 Å². The van der Waals surface area contributed by atoms with Gasteiger partial charge in [0.1, 0.15) is 0 Å². The molecule has 0 fully saturated rings. The molecule has 0 saturated carbocycles. The number of aliphatic hydroxyl groups is 2. The molecule has 0 radical (unpaired) electrons. The summed E-state index contributed by atoms with van der Waals surface area (Å²) in [5, 5.41) is 16.2. The van der Waals surface area contributed by atoms with Gasteiger partial charge in [-0.15, -0.1) is 0 Å². The molecule has 0 aliphatic carbocycles. The molecule has 2 N–H and O–H groups in total. The number of rotatable bonds is 11. The monoisotopic (exact) mass is 304 g/mol. The van der Waals surface area contributed by atoms with Crippen LogP contribution >= 0.6 is 0 Å². The summed E-state index contributed by atoms with van der Waals surface area (Å²) in [6.07, 6.45) is 4.63. The van der Waals surface area contributed by atoms with Crippen molar-refractivity contribution in [3.05, 3.63) is 12.2 Å². The standard InChI is InChI=1S/C12H22O2.C4H10O3/c1-5-7-8-11(6-2)9-14-12(13)10(3)4;5-1-3-7-4-2-6/h11H,3,5-9H2,1-2,4H3;5-6H,1-4H2. The van der Waals surface area contributed by atoms with Crippen LogP contribution in [0.2, 0.25) is 0 Å². The Morgan fingerprint density at radius 2 is 1.76 bits per heavy atom. The van der Waals surface area contributed by atoms with Gasteiger partial charge in [-0.25, -0.2) is 4.79 Å². The van der Waals surface area contributed by atoms with Gasteiger partial charge in [-0.2, -0.15) is 0 Å². The van der Waals surface area contributed by atoms with Gasteiger partial charge in [-0.1, -0.05) is 39.7 Å². The van der Waals surface area contributed by atoms with E-state index in [0.717, 1.165) is 12.8 Å². The summed E-state index contributed by atoms with van der Waals surface area (Å²) in [6.45, 7) is 10.8. The molecule has 0 aromatic carbocycles. The zero-order valence-electron chi connectivity index (χ0n) is 13.8. The first-order valence-corrected chi connectivity index (χ1v) is 7.65. The van der Waals surface area contributed by atoms with Crippen molar-refractivity contribution >= 4 is 5.97 Å². The van der Waals surface area contributed by atoms with Crippen LogP contribution in [0, 0.1) is 5.92 Å². The molecule has 0 amide bonds. The zero-order valence-corrected chi connectivity index (χ0v) is 13.8. The van der Waals surface area contributed by atoms with Crippen LogP contribution in [0.25, 0.3) is 0 Å². The molecule has 21 heavy (non-hydrogen) atoms. The molecule has 0 saturated heterocycles. The van der Waals surface area contributed by atoms with Gasteiger partial charge >= 0.3 is 5.97 Å². The van der Waals surface area contributed by atoms with Crippen molar-refractivity contribution in [2.45, 2.75) is 46.5 Å². The van der Waals surface area contributed by atoms with Gasteiger partial charge < -0.3 is 19.7 Å². The van der Waals surface area contributed by atoms with Crippen molar-refractivity contribution in [1.29, 1.82) is 0 Å². The maximum Gasteiger partial charge on any atom is 0.333 e. The molecule has 0 heterocycles. The third-order valence-electron chi connectivity index (χ3n) is 2.81. The first kappa shape index (κ1) is 22.4. The van der Waals surface area contributed by atoms with E-state index in [1.807, 2.05) is 0 Å².